The summed E-state index contributed by atoms with van der Waals surface area (Å²) in [4.78, 5) is 13.9. The van der Waals surface area contributed by atoms with Gasteiger partial charge in [0.25, 0.3) is 0 Å². The molecule has 2 aromatic heterocycles. The molecule has 0 atom stereocenters. The lowest BCUT2D eigenvalue weighted by molar-refractivity contribution is 0.311. The highest BCUT2D eigenvalue weighted by Crippen LogP contribution is 2.36. The van der Waals surface area contributed by atoms with Crippen LogP contribution in [0.25, 0.3) is 28.0 Å². The number of nitrogen functional groups attached to an aromatic ring is 1. The number of hydrogen-bond acceptors (Lipinski definition) is 6. The first kappa shape index (κ1) is 20.9. The maximum absolute atomic E-state index is 13.9. The van der Waals surface area contributed by atoms with Crippen molar-refractivity contribution in [1.82, 2.24) is 24.6 Å². The van der Waals surface area contributed by atoms with Crippen molar-refractivity contribution in [2.75, 3.05) is 43.9 Å². The van der Waals surface area contributed by atoms with E-state index in [1.165, 1.54) is 6.07 Å². The molecule has 1 saturated heterocycles. The summed E-state index contributed by atoms with van der Waals surface area (Å²) >= 11 is 12.5. The van der Waals surface area contributed by atoms with Crippen LogP contribution in [-0.2, 0) is 0 Å². The molecular formula is C22H20Cl2FN7. The predicted octanol–water partition coefficient (Wildman–Crippen LogP) is 4.26. The molecule has 7 nitrogen and oxygen atoms in total. The second-order valence-corrected chi connectivity index (χ2v) is 8.55. The number of benzene rings is 2. The number of rotatable bonds is 3. The molecule has 2 aromatic carbocycles. The van der Waals surface area contributed by atoms with E-state index in [2.05, 4.69) is 21.9 Å². The number of piperazine rings is 1. The normalized spacial score (nSPS) is 14.9. The highest BCUT2D eigenvalue weighted by molar-refractivity contribution is 6.32. The summed E-state index contributed by atoms with van der Waals surface area (Å²) in [7, 11) is 2.08. The third-order valence-electron chi connectivity index (χ3n) is 5.62. The lowest BCUT2D eigenvalue weighted by Crippen LogP contribution is -2.45. The van der Waals surface area contributed by atoms with Crippen LogP contribution in [0.4, 0.5) is 16.2 Å². The number of hydrogen-bond donors (Lipinski definition) is 1. The zero-order chi connectivity index (χ0) is 22.4. The van der Waals surface area contributed by atoms with Gasteiger partial charge in [-0.05, 0) is 37.4 Å². The van der Waals surface area contributed by atoms with Crippen molar-refractivity contribution in [3.63, 3.8) is 0 Å². The Labute approximate surface area is 194 Å². The molecule has 164 valence electrons. The van der Waals surface area contributed by atoms with Crippen molar-refractivity contribution in [3.8, 4) is 16.9 Å². The number of nitrogens with zero attached hydrogens (tertiary/aromatic N) is 6. The van der Waals surface area contributed by atoms with Crippen LogP contribution in [0.5, 0.6) is 0 Å². The minimum atomic E-state index is -0.500. The van der Waals surface area contributed by atoms with Crippen LogP contribution in [0.3, 0.4) is 0 Å². The second-order valence-electron chi connectivity index (χ2n) is 7.74. The summed E-state index contributed by atoms with van der Waals surface area (Å²) in [6, 6.07) is 11.8. The molecule has 32 heavy (non-hydrogen) atoms. The largest absolute Gasteiger partial charge is 0.383 e. The van der Waals surface area contributed by atoms with Gasteiger partial charge in [-0.25, -0.2) is 14.1 Å². The molecule has 0 aliphatic carbocycles. The van der Waals surface area contributed by atoms with Crippen molar-refractivity contribution in [2.24, 2.45) is 0 Å². The Morgan fingerprint density at radius 2 is 1.72 bits per heavy atom. The average Bonchev–Trinajstić information content (AvgIpc) is 3.12. The fraction of sp³-hybridized carbons (Fsp3) is 0.227. The molecular weight excluding hydrogens is 452 g/mol. The molecule has 0 radical (unpaired) electrons. The van der Waals surface area contributed by atoms with Gasteiger partial charge in [-0.3, -0.25) is 0 Å². The van der Waals surface area contributed by atoms with E-state index < -0.39 is 5.82 Å². The van der Waals surface area contributed by atoms with Crippen LogP contribution in [0.2, 0.25) is 10.0 Å². The van der Waals surface area contributed by atoms with E-state index in [0.717, 1.165) is 26.2 Å². The summed E-state index contributed by atoms with van der Waals surface area (Å²) < 4.78 is 15.4. The van der Waals surface area contributed by atoms with Crippen molar-refractivity contribution in [2.45, 2.75) is 0 Å². The van der Waals surface area contributed by atoms with Crippen LogP contribution in [0.1, 0.15) is 0 Å². The van der Waals surface area contributed by atoms with E-state index in [9.17, 15) is 4.39 Å². The molecule has 0 unspecified atom stereocenters. The standard InChI is InChI=1S/C22H20Cl2FN7/c1-30-8-10-31(11-9-30)22-27-19(13-6-7-16(25)15(24)12-13)18-20(26)32(29-21(18)28-22)17-5-3-2-4-14(17)23/h2-7,12H,8-11,26H2,1H3. The minimum absolute atomic E-state index is 0.00692. The zero-order valence-corrected chi connectivity index (χ0v) is 18.8. The van der Waals surface area contributed by atoms with Crippen LogP contribution >= 0.6 is 23.2 Å². The van der Waals surface area contributed by atoms with Crippen molar-refractivity contribution < 1.29 is 4.39 Å². The number of fused-ring (bicyclic) bond motifs is 1. The maximum Gasteiger partial charge on any atom is 0.228 e. The fourth-order valence-electron chi connectivity index (χ4n) is 3.81. The summed E-state index contributed by atoms with van der Waals surface area (Å²) in [5.41, 5.74) is 8.77. The lowest BCUT2D eigenvalue weighted by Gasteiger charge is -2.32. The molecule has 0 spiro atoms. The zero-order valence-electron chi connectivity index (χ0n) is 17.3. The first-order valence-corrected chi connectivity index (χ1v) is 10.9. The monoisotopic (exact) mass is 471 g/mol. The third kappa shape index (κ3) is 3.64. The number of aromatic nitrogens is 4. The summed E-state index contributed by atoms with van der Waals surface area (Å²) in [6.07, 6.45) is 0. The third-order valence-corrected chi connectivity index (χ3v) is 6.23. The van der Waals surface area contributed by atoms with Gasteiger partial charge in [0.15, 0.2) is 5.65 Å². The van der Waals surface area contributed by atoms with Gasteiger partial charge in [0.05, 0.1) is 26.8 Å². The predicted molar refractivity (Wildman–Crippen MR) is 126 cm³/mol. The van der Waals surface area contributed by atoms with Gasteiger partial charge < -0.3 is 15.5 Å². The molecule has 0 saturated carbocycles. The van der Waals surface area contributed by atoms with E-state index in [0.29, 0.717) is 44.8 Å². The highest BCUT2D eigenvalue weighted by atomic mass is 35.5. The minimum Gasteiger partial charge on any atom is -0.383 e. The second kappa shape index (κ2) is 8.20. The van der Waals surface area contributed by atoms with Crippen LogP contribution in [0, 0.1) is 5.82 Å². The van der Waals surface area contributed by atoms with Gasteiger partial charge in [0.2, 0.25) is 5.95 Å². The fourth-order valence-corrected chi connectivity index (χ4v) is 4.20. The van der Waals surface area contributed by atoms with Crippen molar-refractivity contribution in [3.05, 3.63) is 58.3 Å². The topological polar surface area (TPSA) is 76.1 Å². The quantitative estimate of drug-likeness (QED) is 0.480. The van der Waals surface area contributed by atoms with E-state index in [4.69, 9.17) is 38.9 Å². The van der Waals surface area contributed by atoms with E-state index in [1.54, 1.807) is 22.9 Å². The molecule has 0 bridgehead atoms. The van der Waals surface area contributed by atoms with Gasteiger partial charge in [-0.2, -0.15) is 4.98 Å². The molecule has 4 aromatic rings. The molecule has 1 aliphatic rings. The number of nitrogens with two attached hydrogens (primary N) is 1. The molecule has 3 heterocycles. The number of para-hydroxylation sites is 1. The van der Waals surface area contributed by atoms with E-state index >= 15 is 0 Å². The molecule has 10 heteroatoms. The Hall–Kier alpha value is -2.94. The van der Waals surface area contributed by atoms with Crippen molar-refractivity contribution >= 4 is 46.0 Å². The number of anilines is 2. The number of halogens is 3. The maximum atomic E-state index is 13.9. The van der Waals surface area contributed by atoms with Gasteiger partial charge in [0.1, 0.15) is 11.6 Å². The molecule has 5 rings (SSSR count). The molecule has 1 fully saturated rings. The summed E-state index contributed by atoms with van der Waals surface area (Å²) in [6.45, 7) is 3.36. The van der Waals surface area contributed by atoms with Gasteiger partial charge in [0, 0.05) is 31.7 Å². The van der Waals surface area contributed by atoms with Crippen LogP contribution in [-0.4, -0.2) is 57.9 Å². The number of likely N-dealkylation sites (N-methyl/N-ethyl adjacent to an activating group) is 1. The first-order valence-electron chi connectivity index (χ1n) is 10.1. The molecule has 1 aliphatic heterocycles. The van der Waals surface area contributed by atoms with Gasteiger partial charge >= 0.3 is 0 Å². The summed E-state index contributed by atoms with van der Waals surface area (Å²) in [5, 5.41) is 5.72. The van der Waals surface area contributed by atoms with Gasteiger partial charge in [-0.15, -0.1) is 5.10 Å². The Bertz CT molecular complexity index is 1320. The average molecular weight is 472 g/mol. The lowest BCUT2D eigenvalue weighted by atomic mass is 10.1. The highest BCUT2D eigenvalue weighted by Gasteiger charge is 2.24. The first-order chi connectivity index (χ1) is 15.4. The van der Waals surface area contributed by atoms with E-state index in [-0.39, 0.29) is 5.02 Å². The Kier molecular flexibility index (Phi) is 5.36. The Morgan fingerprint density at radius 3 is 2.44 bits per heavy atom. The smallest absolute Gasteiger partial charge is 0.228 e. The van der Waals surface area contributed by atoms with Gasteiger partial charge in [-0.1, -0.05) is 35.3 Å². The SMILES string of the molecule is CN1CCN(c2nc(-c3ccc(F)c(Cl)c3)c3c(N)n(-c4ccccc4Cl)nc3n2)CC1. The Balaban J connectivity index is 1.74. The van der Waals surface area contributed by atoms with Crippen LogP contribution in [0.15, 0.2) is 42.5 Å². The molecule has 2 N–H and O–H groups in total. The van der Waals surface area contributed by atoms with Crippen molar-refractivity contribution in [1.29, 1.82) is 0 Å². The molecule has 0 amide bonds. The van der Waals surface area contributed by atoms with E-state index in [1.807, 2.05) is 18.2 Å². The Morgan fingerprint density at radius 1 is 0.969 bits per heavy atom. The van der Waals surface area contributed by atoms with Crippen LogP contribution < -0.4 is 10.6 Å². The summed E-state index contributed by atoms with van der Waals surface area (Å²) in [5.74, 6) is 0.387.